The second kappa shape index (κ2) is 5.52. The molecule has 1 N–H and O–H groups in total. The minimum atomic E-state index is -0.150. The highest BCUT2D eigenvalue weighted by molar-refractivity contribution is 6.04. The lowest BCUT2D eigenvalue weighted by Crippen LogP contribution is -2.14. The zero-order valence-corrected chi connectivity index (χ0v) is 11.3. The number of aryl methyl sites for hydroxylation is 1. The van der Waals surface area contributed by atoms with Crippen LogP contribution in [0.1, 0.15) is 15.9 Å². The van der Waals surface area contributed by atoms with Gasteiger partial charge in [0.2, 0.25) is 0 Å². The number of hydrogen-bond donors (Lipinski definition) is 1. The molecule has 0 aliphatic carbocycles. The number of pyridine rings is 1. The van der Waals surface area contributed by atoms with Gasteiger partial charge < -0.3 is 10.2 Å². The summed E-state index contributed by atoms with van der Waals surface area (Å²) in [5.41, 5.74) is 2.45. The van der Waals surface area contributed by atoms with Crippen LogP contribution in [0.2, 0.25) is 0 Å². The number of carbonyl (C=O) groups excluding carboxylic acids is 1. The molecular formula is C15H17N3O. The molecule has 0 radical (unpaired) electrons. The number of anilines is 2. The summed E-state index contributed by atoms with van der Waals surface area (Å²) < 4.78 is 0. The van der Waals surface area contributed by atoms with Crippen molar-refractivity contribution in [2.75, 3.05) is 24.3 Å². The molecule has 1 aromatic carbocycles. The minimum Gasteiger partial charge on any atom is -0.363 e. The predicted octanol–water partition coefficient (Wildman–Crippen LogP) is 2.71. The SMILES string of the molecule is Cc1cccc(NC(=O)c2ccc(N(C)C)nc2)c1. The summed E-state index contributed by atoms with van der Waals surface area (Å²) in [6, 6.07) is 11.3. The maximum atomic E-state index is 12.0. The van der Waals surface area contributed by atoms with Gasteiger partial charge in [0.15, 0.2) is 0 Å². The monoisotopic (exact) mass is 255 g/mol. The molecule has 0 spiro atoms. The average Bonchev–Trinajstić information content (AvgIpc) is 2.39. The topological polar surface area (TPSA) is 45.2 Å². The highest BCUT2D eigenvalue weighted by Gasteiger charge is 2.07. The third-order valence-corrected chi connectivity index (χ3v) is 2.74. The minimum absolute atomic E-state index is 0.150. The van der Waals surface area contributed by atoms with Crippen molar-refractivity contribution in [1.82, 2.24) is 4.98 Å². The van der Waals surface area contributed by atoms with Crippen LogP contribution in [0.5, 0.6) is 0 Å². The second-order valence-corrected chi connectivity index (χ2v) is 4.62. The molecule has 0 saturated carbocycles. The molecule has 19 heavy (non-hydrogen) atoms. The summed E-state index contributed by atoms with van der Waals surface area (Å²) in [5, 5.41) is 2.86. The van der Waals surface area contributed by atoms with E-state index >= 15 is 0 Å². The summed E-state index contributed by atoms with van der Waals surface area (Å²) in [6.07, 6.45) is 1.58. The van der Waals surface area contributed by atoms with Gasteiger partial charge in [-0.15, -0.1) is 0 Å². The van der Waals surface area contributed by atoms with Crippen LogP contribution in [0.15, 0.2) is 42.6 Å². The van der Waals surface area contributed by atoms with Gasteiger partial charge in [0.05, 0.1) is 5.56 Å². The summed E-state index contributed by atoms with van der Waals surface area (Å²) in [5.74, 6) is 0.676. The molecule has 1 aromatic heterocycles. The molecule has 1 heterocycles. The third-order valence-electron chi connectivity index (χ3n) is 2.74. The Balaban J connectivity index is 2.11. The number of amides is 1. The molecule has 0 aliphatic rings. The van der Waals surface area contributed by atoms with Crippen LogP contribution in [-0.4, -0.2) is 25.0 Å². The first-order valence-corrected chi connectivity index (χ1v) is 6.07. The molecule has 0 bridgehead atoms. The second-order valence-electron chi connectivity index (χ2n) is 4.62. The first-order valence-electron chi connectivity index (χ1n) is 6.07. The molecule has 0 saturated heterocycles. The Kier molecular flexibility index (Phi) is 3.80. The first-order chi connectivity index (χ1) is 9.06. The molecule has 0 fully saturated rings. The zero-order chi connectivity index (χ0) is 13.8. The third kappa shape index (κ3) is 3.31. The van der Waals surface area contributed by atoms with Gasteiger partial charge >= 0.3 is 0 Å². The summed E-state index contributed by atoms with van der Waals surface area (Å²) >= 11 is 0. The van der Waals surface area contributed by atoms with E-state index in [4.69, 9.17) is 0 Å². The Hall–Kier alpha value is -2.36. The van der Waals surface area contributed by atoms with Gasteiger partial charge in [-0.05, 0) is 36.8 Å². The van der Waals surface area contributed by atoms with Crippen LogP contribution in [0.25, 0.3) is 0 Å². The number of carbonyl (C=O) groups is 1. The molecule has 0 atom stereocenters. The van der Waals surface area contributed by atoms with Crippen molar-refractivity contribution in [1.29, 1.82) is 0 Å². The fourth-order valence-electron chi connectivity index (χ4n) is 1.71. The van der Waals surface area contributed by atoms with Gasteiger partial charge in [0, 0.05) is 26.0 Å². The van der Waals surface area contributed by atoms with Crippen molar-refractivity contribution in [3.63, 3.8) is 0 Å². The fourth-order valence-corrected chi connectivity index (χ4v) is 1.71. The van der Waals surface area contributed by atoms with Crippen molar-refractivity contribution < 1.29 is 4.79 Å². The molecule has 0 unspecified atom stereocenters. The van der Waals surface area contributed by atoms with E-state index in [-0.39, 0.29) is 5.91 Å². The molecule has 4 nitrogen and oxygen atoms in total. The van der Waals surface area contributed by atoms with Crippen molar-refractivity contribution >= 4 is 17.4 Å². The normalized spacial score (nSPS) is 10.1. The lowest BCUT2D eigenvalue weighted by Gasteiger charge is -2.11. The molecule has 1 amide bonds. The molecule has 2 rings (SSSR count). The maximum absolute atomic E-state index is 12.0. The Labute approximate surface area is 113 Å². The van der Waals surface area contributed by atoms with E-state index in [0.717, 1.165) is 17.1 Å². The standard InChI is InChI=1S/C15H17N3O/c1-11-5-4-6-13(9-11)17-15(19)12-7-8-14(16-10-12)18(2)3/h4-10H,1-3H3,(H,17,19). The highest BCUT2D eigenvalue weighted by Crippen LogP contribution is 2.12. The van der Waals surface area contributed by atoms with Crippen LogP contribution >= 0.6 is 0 Å². The Morgan fingerprint density at radius 3 is 2.58 bits per heavy atom. The lowest BCUT2D eigenvalue weighted by atomic mass is 10.2. The van der Waals surface area contributed by atoms with Gasteiger partial charge in [0.25, 0.3) is 5.91 Å². The van der Waals surface area contributed by atoms with Crippen molar-refractivity contribution in [2.45, 2.75) is 6.92 Å². The van der Waals surface area contributed by atoms with Gasteiger partial charge in [-0.2, -0.15) is 0 Å². The van der Waals surface area contributed by atoms with E-state index in [1.54, 1.807) is 12.3 Å². The number of aromatic nitrogens is 1. The Morgan fingerprint density at radius 2 is 2.00 bits per heavy atom. The summed E-state index contributed by atoms with van der Waals surface area (Å²) in [4.78, 5) is 18.2. The number of nitrogens with one attached hydrogen (secondary N) is 1. The predicted molar refractivity (Wildman–Crippen MR) is 77.7 cm³/mol. The number of hydrogen-bond acceptors (Lipinski definition) is 3. The number of benzene rings is 1. The maximum Gasteiger partial charge on any atom is 0.257 e. The van der Waals surface area contributed by atoms with E-state index < -0.39 is 0 Å². The van der Waals surface area contributed by atoms with Crippen LogP contribution < -0.4 is 10.2 Å². The molecular weight excluding hydrogens is 238 g/mol. The largest absolute Gasteiger partial charge is 0.363 e. The van der Waals surface area contributed by atoms with Crippen LogP contribution in [0.4, 0.5) is 11.5 Å². The first kappa shape index (κ1) is 13.1. The number of rotatable bonds is 3. The quantitative estimate of drug-likeness (QED) is 0.917. The zero-order valence-electron chi connectivity index (χ0n) is 11.3. The molecule has 4 heteroatoms. The van der Waals surface area contributed by atoms with Gasteiger partial charge in [0.1, 0.15) is 5.82 Å². The Bertz CT molecular complexity index is 576. The van der Waals surface area contributed by atoms with Crippen molar-refractivity contribution in [3.8, 4) is 0 Å². The number of nitrogens with zero attached hydrogens (tertiary/aromatic N) is 2. The van der Waals surface area contributed by atoms with Crippen molar-refractivity contribution in [3.05, 3.63) is 53.7 Å². The van der Waals surface area contributed by atoms with Gasteiger partial charge in [-0.1, -0.05) is 12.1 Å². The van der Waals surface area contributed by atoms with E-state index in [0.29, 0.717) is 5.56 Å². The van der Waals surface area contributed by atoms with Crippen molar-refractivity contribution in [2.24, 2.45) is 0 Å². The summed E-state index contributed by atoms with van der Waals surface area (Å²) in [7, 11) is 3.82. The van der Waals surface area contributed by atoms with E-state index in [2.05, 4.69) is 10.3 Å². The molecule has 98 valence electrons. The smallest absolute Gasteiger partial charge is 0.257 e. The fraction of sp³-hybridized carbons (Fsp3) is 0.200. The van der Waals surface area contributed by atoms with Crippen LogP contribution in [-0.2, 0) is 0 Å². The molecule has 0 aliphatic heterocycles. The van der Waals surface area contributed by atoms with Crippen LogP contribution in [0.3, 0.4) is 0 Å². The average molecular weight is 255 g/mol. The van der Waals surface area contributed by atoms with E-state index in [9.17, 15) is 4.79 Å². The highest BCUT2D eigenvalue weighted by atomic mass is 16.1. The van der Waals surface area contributed by atoms with E-state index in [1.165, 1.54) is 0 Å². The van der Waals surface area contributed by atoms with E-state index in [1.807, 2.05) is 56.3 Å². The molecule has 2 aromatic rings. The van der Waals surface area contributed by atoms with Crippen LogP contribution in [0, 0.1) is 6.92 Å². The van der Waals surface area contributed by atoms with Gasteiger partial charge in [-0.3, -0.25) is 4.79 Å². The lowest BCUT2D eigenvalue weighted by molar-refractivity contribution is 0.102. The van der Waals surface area contributed by atoms with Gasteiger partial charge in [-0.25, -0.2) is 4.98 Å². The summed E-state index contributed by atoms with van der Waals surface area (Å²) in [6.45, 7) is 1.99. The Morgan fingerprint density at radius 1 is 1.21 bits per heavy atom.